The lowest BCUT2D eigenvalue weighted by molar-refractivity contribution is -0.0412. The Hall–Kier alpha value is -0.160. The van der Waals surface area contributed by atoms with E-state index in [1.54, 1.807) is 0 Å². The molecular formula is C13H26N2O2. The van der Waals surface area contributed by atoms with E-state index < -0.39 is 0 Å². The summed E-state index contributed by atoms with van der Waals surface area (Å²) < 4.78 is 11.6. The van der Waals surface area contributed by atoms with Crippen molar-refractivity contribution in [1.82, 2.24) is 10.2 Å². The number of hydrogen-bond donors (Lipinski definition) is 1. The molecule has 100 valence electrons. The van der Waals surface area contributed by atoms with Crippen LogP contribution in [0, 0.1) is 0 Å². The summed E-state index contributed by atoms with van der Waals surface area (Å²) in [6.45, 7) is 7.14. The Morgan fingerprint density at radius 1 is 1.29 bits per heavy atom. The summed E-state index contributed by atoms with van der Waals surface area (Å²) >= 11 is 0. The molecule has 4 heteroatoms. The first-order valence-electron chi connectivity index (χ1n) is 6.95. The highest BCUT2D eigenvalue weighted by Crippen LogP contribution is 2.22. The van der Waals surface area contributed by atoms with Crippen LogP contribution in [0.15, 0.2) is 0 Å². The average Bonchev–Trinajstić information content (AvgIpc) is 2.78. The van der Waals surface area contributed by atoms with Crippen molar-refractivity contribution in [1.29, 1.82) is 0 Å². The zero-order valence-corrected chi connectivity index (χ0v) is 11.2. The molecule has 4 nitrogen and oxygen atoms in total. The van der Waals surface area contributed by atoms with Crippen molar-refractivity contribution in [2.24, 2.45) is 0 Å². The summed E-state index contributed by atoms with van der Waals surface area (Å²) in [5.41, 5.74) is 0. The van der Waals surface area contributed by atoms with E-state index in [0.29, 0.717) is 18.2 Å². The average molecular weight is 242 g/mol. The number of nitrogens with zero attached hydrogens (tertiary/aromatic N) is 1. The molecule has 0 amide bonds. The van der Waals surface area contributed by atoms with Gasteiger partial charge in [0.2, 0.25) is 0 Å². The number of rotatable bonds is 5. The van der Waals surface area contributed by atoms with Crippen molar-refractivity contribution >= 4 is 0 Å². The number of likely N-dealkylation sites (N-methyl/N-ethyl adjacent to an activating group) is 1. The molecule has 2 heterocycles. The van der Waals surface area contributed by atoms with Gasteiger partial charge < -0.3 is 14.8 Å². The molecular weight excluding hydrogens is 216 g/mol. The number of nitrogens with one attached hydrogen (secondary N) is 1. The monoisotopic (exact) mass is 242 g/mol. The van der Waals surface area contributed by atoms with Gasteiger partial charge in [0, 0.05) is 25.7 Å². The van der Waals surface area contributed by atoms with E-state index in [-0.39, 0.29) is 0 Å². The lowest BCUT2D eigenvalue weighted by atomic mass is 10.1. The lowest BCUT2D eigenvalue weighted by Gasteiger charge is -2.36. The highest BCUT2D eigenvalue weighted by molar-refractivity contribution is 4.81. The lowest BCUT2D eigenvalue weighted by Crippen LogP contribution is -2.48. The molecule has 2 rings (SSSR count). The van der Waals surface area contributed by atoms with Gasteiger partial charge in [0.1, 0.15) is 0 Å². The van der Waals surface area contributed by atoms with Crippen LogP contribution in [0.5, 0.6) is 0 Å². The Labute approximate surface area is 105 Å². The summed E-state index contributed by atoms with van der Waals surface area (Å²) in [4.78, 5) is 2.55. The molecule has 3 unspecified atom stereocenters. The minimum Gasteiger partial charge on any atom is -0.378 e. The van der Waals surface area contributed by atoms with E-state index in [9.17, 15) is 0 Å². The molecule has 1 N–H and O–H groups in total. The van der Waals surface area contributed by atoms with Gasteiger partial charge in [0.25, 0.3) is 0 Å². The van der Waals surface area contributed by atoms with E-state index >= 15 is 0 Å². The molecule has 0 spiro atoms. The molecule has 0 bridgehead atoms. The van der Waals surface area contributed by atoms with Crippen LogP contribution in [0.3, 0.4) is 0 Å². The van der Waals surface area contributed by atoms with Gasteiger partial charge in [-0.3, -0.25) is 4.90 Å². The Morgan fingerprint density at radius 2 is 2.12 bits per heavy atom. The summed E-state index contributed by atoms with van der Waals surface area (Å²) in [6.07, 6.45) is 4.44. The summed E-state index contributed by atoms with van der Waals surface area (Å²) in [6, 6.07) is 0.593. The topological polar surface area (TPSA) is 33.7 Å². The first-order chi connectivity index (χ1) is 8.33. The van der Waals surface area contributed by atoms with Crippen LogP contribution in [0.25, 0.3) is 0 Å². The molecule has 3 atom stereocenters. The van der Waals surface area contributed by atoms with Crippen LogP contribution < -0.4 is 5.32 Å². The fourth-order valence-electron chi connectivity index (χ4n) is 2.86. The largest absolute Gasteiger partial charge is 0.378 e. The maximum absolute atomic E-state index is 6.05. The molecule has 0 radical (unpaired) electrons. The van der Waals surface area contributed by atoms with Gasteiger partial charge in [-0.15, -0.1) is 0 Å². The zero-order valence-electron chi connectivity index (χ0n) is 11.2. The first kappa shape index (κ1) is 13.3. The normalized spacial score (nSPS) is 35.3. The van der Waals surface area contributed by atoms with Crippen LogP contribution >= 0.6 is 0 Å². The van der Waals surface area contributed by atoms with E-state index in [1.165, 1.54) is 19.3 Å². The van der Waals surface area contributed by atoms with Crippen molar-refractivity contribution in [3.05, 3.63) is 0 Å². The van der Waals surface area contributed by atoms with Crippen molar-refractivity contribution in [2.75, 3.05) is 39.9 Å². The SMILES string of the molecule is CCC1COCCN1CC1CCC(CNC)O1. The zero-order chi connectivity index (χ0) is 12.1. The predicted molar refractivity (Wildman–Crippen MR) is 68.3 cm³/mol. The third-order valence-electron chi connectivity index (χ3n) is 3.89. The molecule has 0 aliphatic carbocycles. The van der Waals surface area contributed by atoms with Gasteiger partial charge >= 0.3 is 0 Å². The summed E-state index contributed by atoms with van der Waals surface area (Å²) in [5, 5.41) is 3.20. The minimum atomic E-state index is 0.422. The quantitative estimate of drug-likeness (QED) is 0.775. The second-order valence-corrected chi connectivity index (χ2v) is 5.15. The third kappa shape index (κ3) is 3.65. The van der Waals surface area contributed by atoms with E-state index in [0.717, 1.165) is 32.8 Å². The maximum atomic E-state index is 6.05. The molecule has 0 aromatic heterocycles. The Bertz CT molecular complexity index is 225. The summed E-state index contributed by atoms with van der Waals surface area (Å²) in [7, 11) is 1.99. The number of hydrogen-bond acceptors (Lipinski definition) is 4. The van der Waals surface area contributed by atoms with Gasteiger partial charge in [0.05, 0.1) is 25.4 Å². The van der Waals surface area contributed by atoms with Gasteiger partial charge in [-0.1, -0.05) is 6.92 Å². The van der Waals surface area contributed by atoms with Crippen molar-refractivity contribution in [2.45, 2.75) is 44.4 Å². The maximum Gasteiger partial charge on any atom is 0.0707 e. The Morgan fingerprint density at radius 3 is 2.88 bits per heavy atom. The molecule has 2 aliphatic rings. The second-order valence-electron chi connectivity index (χ2n) is 5.15. The molecule has 0 saturated carbocycles. The predicted octanol–water partition coefficient (Wildman–Crippen LogP) is 0.864. The fourth-order valence-corrected chi connectivity index (χ4v) is 2.86. The van der Waals surface area contributed by atoms with E-state index in [1.807, 2.05) is 7.05 Å². The second kappa shape index (κ2) is 6.69. The van der Waals surface area contributed by atoms with Crippen molar-refractivity contribution in [3.8, 4) is 0 Å². The molecule has 0 aromatic carbocycles. The Kier molecular flexibility index (Phi) is 5.22. The van der Waals surface area contributed by atoms with Crippen LogP contribution in [-0.4, -0.2) is 63.0 Å². The Balaban J connectivity index is 1.76. The van der Waals surface area contributed by atoms with Crippen molar-refractivity contribution in [3.63, 3.8) is 0 Å². The first-order valence-corrected chi connectivity index (χ1v) is 6.95. The standard InChI is InChI=1S/C13H26N2O2/c1-3-11-10-16-7-6-15(11)9-13-5-4-12(17-13)8-14-2/h11-14H,3-10H2,1-2H3. The van der Waals surface area contributed by atoms with Gasteiger partial charge in [-0.2, -0.15) is 0 Å². The fraction of sp³-hybridized carbons (Fsp3) is 1.00. The molecule has 17 heavy (non-hydrogen) atoms. The van der Waals surface area contributed by atoms with Crippen LogP contribution in [-0.2, 0) is 9.47 Å². The molecule has 2 fully saturated rings. The molecule has 2 saturated heterocycles. The highest BCUT2D eigenvalue weighted by Gasteiger charge is 2.29. The molecule has 0 aromatic rings. The van der Waals surface area contributed by atoms with Crippen LogP contribution in [0.2, 0.25) is 0 Å². The number of ether oxygens (including phenoxy) is 2. The highest BCUT2D eigenvalue weighted by atomic mass is 16.5. The minimum absolute atomic E-state index is 0.422. The van der Waals surface area contributed by atoms with Crippen molar-refractivity contribution < 1.29 is 9.47 Å². The third-order valence-corrected chi connectivity index (χ3v) is 3.89. The van der Waals surface area contributed by atoms with Gasteiger partial charge in [-0.25, -0.2) is 0 Å². The molecule has 2 aliphatic heterocycles. The van der Waals surface area contributed by atoms with E-state index in [4.69, 9.17) is 9.47 Å². The smallest absolute Gasteiger partial charge is 0.0707 e. The van der Waals surface area contributed by atoms with Crippen LogP contribution in [0.4, 0.5) is 0 Å². The summed E-state index contributed by atoms with van der Waals surface area (Å²) in [5.74, 6) is 0. The van der Waals surface area contributed by atoms with Crippen LogP contribution in [0.1, 0.15) is 26.2 Å². The van der Waals surface area contributed by atoms with Gasteiger partial charge in [-0.05, 0) is 26.3 Å². The van der Waals surface area contributed by atoms with Gasteiger partial charge in [0.15, 0.2) is 0 Å². The number of morpholine rings is 1. The van der Waals surface area contributed by atoms with E-state index in [2.05, 4.69) is 17.1 Å².